The minimum absolute atomic E-state index is 0.0721. The fourth-order valence-corrected chi connectivity index (χ4v) is 2.73. The number of carbonyl (C=O) groups is 2. The van der Waals surface area contributed by atoms with Gasteiger partial charge < -0.3 is 14.8 Å². The molecule has 0 saturated carbocycles. The number of para-hydroxylation sites is 2. The molecule has 7 heteroatoms. The molecule has 0 spiro atoms. The number of rotatable bonds is 7. The first-order valence-electron chi connectivity index (χ1n) is 8.55. The van der Waals surface area contributed by atoms with Crippen LogP contribution in [0.25, 0.3) is 0 Å². The van der Waals surface area contributed by atoms with Gasteiger partial charge in [0.25, 0.3) is 0 Å². The SMILES string of the molecule is COc1ccccc1NC(=O)CN1CCN(CC(=O)OC(C)C)CC1. The summed E-state index contributed by atoms with van der Waals surface area (Å²) in [5.41, 5.74) is 0.671. The number of esters is 1. The van der Waals surface area contributed by atoms with Crippen LogP contribution in [0.2, 0.25) is 0 Å². The highest BCUT2D eigenvalue weighted by molar-refractivity contribution is 5.93. The van der Waals surface area contributed by atoms with E-state index < -0.39 is 0 Å². The van der Waals surface area contributed by atoms with Gasteiger partial charge in [-0.25, -0.2) is 0 Å². The molecule has 138 valence electrons. The number of anilines is 1. The third-order valence-electron chi connectivity index (χ3n) is 3.93. The fraction of sp³-hybridized carbons (Fsp3) is 0.556. The van der Waals surface area contributed by atoms with Gasteiger partial charge in [0, 0.05) is 26.2 Å². The summed E-state index contributed by atoms with van der Waals surface area (Å²) in [7, 11) is 1.58. The van der Waals surface area contributed by atoms with Gasteiger partial charge in [0.1, 0.15) is 5.75 Å². The molecule has 0 aliphatic carbocycles. The molecule has 7 nitrogen and oxygen atoms in total. The van der Waals surface area contributed by atoms with Gasteiger partial charge in [-0.2, -0.15) is 0 Å². The Kier molecular flexibility index (Phi) is 7.21. The Morgan fingerprint density at radius 3 is 2.28 bits per heavy atom. The van der Waals surface area contributed by atoms with Crippen LogP contribution in [0.1, 0.15) is 13.8 Å². The smallest absolute Gasteiger partial charge is 0.320 e. The molecule has 0 aromatic heterocycles. The second-order valence-electron chi connectivity index (χ2n) is 6.34. The maximum absolute atomic E-state index is 12.2. The fourth-order valence-electron chi connectivity index (χ4n) is 2.73. The summed E-state index contributed by atoms with van der Waals surface area (Å²) >= 11 is 0. The summed E-state index contributed by atoms with van der Waals surface area (Å²) in [5, 5.41) is 2.88. The van der Waals surface area contributed by atoms with Crippen molar-refractivity contribution in [2.24, 2.45) is 0 Å². The van der Waals surface area contributed by atoms with E-state index in [-0.39, 0.29) is 18.0 Å². The predicted octanol–water partition coefficient (Wildman–Crippen LogP) is 1.20. The number of hydrogen-bond donors (Lipinski definition) is 1. The van der Waals surface area contributed by atoms with Crippen LogP contribution in [-0.4, -0.2) is 74.2 Å². The minimum atomic E-state index is -0.197. The molecule has 0 unspecified atom stereocenters. The molecular weight excluding hydrogens is 322 g/mol. The van der Waals surface area contributed by atoms with Crippen molar-refractivity contribution in [3.8, 4) is 5.75 Å². The first-order chi connectivity index (χ1) is 12.0. The van der Waals surface area contributed by atoms with Gasteiger partial charge in [-0.05, 0) is 26.0 Å². The lowest BCUT2D eigenvalue weighted by Gasteiger charge is -2.33. The molecule has 1 saturated heterocycles. The predicted molar refractivity (Wildman–Crippen MR) is 95.7 cm³/mol. The number of carbonyl (C=O) groups excluding carboxylic acids is 2. The molecule has 1 aliphatic rings. The quantitative estimate of drug-likeness (QED) is 0.746. The van der Waals surface area contributed by atoms with Gasteiger partial charge >= 0.3 is 5.97 Å². The van der Waals surface area contributed by atoms with Crippen LogP contribution < -0.4 is 10.1 Å². The molecule has 0 bridgehead atoms. The van der Waals surface area contributed by atoms with Gasteiger partial charge in [-0.1, -0.05) is 12.1 Å². The molecule has 1 N–H and O–H groups in total. The highest BCUT2D eigenvalue weighted by Crippen LogP contribution is 2.22. The van der Waals surface area contributed by atoms with Crippen molar-refractivity contribution in [3.63, 3.8) is 0 Å². The van der Waals surface area contributed by atoms with Crippen LogP contribution in [0.5, 0.6) is 5.75 Å². The lowest BCUT2D eigenvalue weighted by atomic mass is 10.2. The van der Waals surface area contributed by atoms with Crippen LogP contribution in [-0.2, 0) is 14.3 Å². The van der Waals surface area contributed by atoms with Gasteiger partial charge in [0.2, 0.25) is 5.91 Å². The van der Waals surface area contributed by atoms with Crippen molar-refractivity contribution in [1.82, 2.24) is 9.80 Å². The summed E-state index contributed by atoms with van der Waals surface area (Å²) in [6.07, 6.45) is -0.0903. The van der Waals surface area contributed by atoms with Gasteiger partial charge in [-0.3, -0.25) is 19.4 Å². The van der Waals surface area contributed by atoms with Gasteiger partial charge in [0.15, 0.2) is 0 Å². The van der Waals surface area contributed by atoms with E-state index >= 15 is 0 Å². The van der Waals surface area contributed by atoms with E-state index in [1.165, 1.54) is 0 Å². The van der Waals surface area contributed by atoms with Crippen molar-refractivity contribution in [3.05, 3.63) is 24.3 Å². The van der Waals surface area contributed by atoms with E-state index in [0.717, 1.165) is 26.2 Å². The molecular formula is C18H27N3O4. The first kappa shape index (κ1) is 19.2. The lowest BCUT2D eigenvalue weighted by molar-refractivity contribution is -0.149. The summed E-state index contributed by atoms with van der Waals surface area (Å²) < 4.78 is 10.4. The van der Waals surface area contributed by atoms with E-state index in [0.29, 0.717) is 24.5 Å². The molecule has 25 heavy (non-hydrogen) atoms. The number of hydrogen-bond acceptors (Lipinski definition) is 6. The average Bonchev–Trinajstić information content (AvgIpc) is 2.56. The number of nitrogens with one attached hydrogen (secondary N) is 1. The zero-order valence-corrected chi connectivity index (χ0v) is 15.2. The van der Waals surface area contributed by atoms with Crippen molar-refractivity contribution >= 4 is 17.6 Å². The van der Waals surface area contributed by atoms with Gasteiger partial charge in [0.05, 0.1) is 32.0 Å². The normalized spacial score (nSPS) is 15.8. The Morgan fingerprint density at radius 1 is 1.08 bits per heavy atom. The largest absolute Gasteiger partial charge is 0.495 e. The van der Waals surface area contributed by atoms with Crippen LogP contribution in [0.4, 0.5) is 5.69 Å². The van der Waals surface area contributed by atoms with Crippen LogP contribution in [0.3, 0.4) is 0 Å². The van der Waals surface area contributed by atoms with E-state index in [4.69, 9.17) is 9.47 Å². The molecule has 1 aliphatic heterocycles. The Morgan fingerprint density at radius 2 is 1.68 bits per heavy atom. The monoisotopic (exact) mass is 349 g/mol. The van der Waals surface area contributed by atoms with Crippen molar-refractivity contribution in [1.29, 1.82) is 0 Å². The molecule has 1 heterocycles. The summed E-state index contributed by atoms with van der Waals surface area (Å²) in [4.78, 5) is 28.1. The lowest BCUT2D eigenvalue weighted by Crippen LogP contribution is -2.50. The Balaban J connectivity index is 1.74. The maximum Gasteiger partial charge on any atom is 0.320 e. The van der Waals surface area contributed by atoms with E-state index in [1.807, 2.05) is 38.1 Å². The average molecular weight is 349 g/mol. The van der Waals surface area contributed by atoms with Crippen LogP contribution in [0, 0.1) is 0 Å². The van der Waals surface area contributed by atoms with Crippen LogP contribution >= 0.6 is 0 Å². The highest BCUT2D eigenvalue weighted by Gasteiger charge is 2.21. The maximum atomic E-state index is 12.2. The van der Waals surface area contributed by atoms with Crippen molar-refractivity contribution in [2.75, 3.05) is 51.7 Å². The zero-order valence-electron chi connectivity index (χ0n) is 15.2. The number of nitrogens with zero attached hydrogens (tertiary/aromatic N) is 2. The molecule has 0 radical (unpaired) electrons. The van der Waals surface area contributed by atoms with Crippen molar-refractivity contribution in [2.45, 2.75) is 20.0 Å². The molecule has 1 aromatic rings. The highest BCUT2D eigenvalue weighted by atomic mass is 16.5. The Labute approximate surface area is 148 Å². The van der Waals surface area contributed by atoms with E-state index in [1.54, 1.807) is 7.11 Å². The number of piperazine rings is 1. The molecule has 1 fully saturated rings. The van der Waals surface area contributed by atoms with E-state index in [2.05, 4.69) is 15.1 Å². The third kappa shape index (κ3) is 6.36. The van der Waals surface area contributed by atoms with Crippen LogP contribution in [0.15, 0.2) is 24.3 Å². The number of amides is 1. The number of ether oxygens (including phenoxy) is 2. The Hall–Kier alpha value is -2.12. The number of benzene rings is 1. The molecule has 2 rings (SSSR count). The third-order valence-corrected chi connectivity index (χ3v) is 3.93. The molecule has 0 atom stereocenters. The summed E-state index contributed by atoms with van der Waals surface area (Å²) in [5.74, 6) is 0.374. The van der Waals surface area contributed by atoms with Crippen molar-refractivity contribution < 1.29 is 19.1 Å². The molecule has 1 aromatic carbocycles. The molecule has 1 amide bonds. The Bertz CT molecular complexity index is 583. The minimum Gasteiger partial charge on any atom is -0.495 e. The second-order valence-corrected chi connectivity index (χ2v) is 6.34. The zero-order chi connectivity index (χ0) is 18.2. The standard InChI is InChI=1S/C18H27N3O4/c1-14(2)25-18(23)13-21-10-8-20(9-11-21)12-17(22)19-15-6-4-5-7-16(15)24-3/h4-7,14H,8-13H2,1-3H3,(H,19,22). The second kappa shape index (κ2) is 9.39. The number of methoxy groups -OCH3 is 1. The summed E-state index contributed by atoms with van der Waals surface area (Å²) in [6.45, 7) is 7.29. The first-order valence-corrected chi connectivity index (χ1v) is 8.55. The van der Waals surface area contributed by atoms with Gasteiger partial charge in [-0.15, -0.1) is 0 Å². The summed E-state index contributed by atoms with van der Waals surface area (Å²) in [6, 6.07) is 7.34. The van der Waals surface area contributed by atoms with E-state index in [9.17, 15) is 9.59 Å². The topological polar surface area (TPSA) is 71.1 Å².